The second kappa shape index (κ2) is 13.2. The molecule has 2 rings (SSSR count). The van der Waals surface area contributed by atoms with Crippen LogP contribution in [0.5, 0.6) is 5.75 Å². The molecule has 0 bridgehead atoms. The molecule has 9 N–H and O–H groups in total. The number of hydrogen-bond donors (Lipinski definition) is 7. The SMILES string of the molecule is NC(=O)CC(NC(=O)C(N)CCC(=O)O)C(=O)NC(Cc1ccc(O)cc1)C(=O)N1CCCC1C(=O)O. The van der Waals surface area contributed by atoms with Crippen molar-refractivity contribution in [2.24, 2.45) is 11.5 Å². The third-order valence-electron chi connectivity index (χ3n) is 5.86. The standard InChI is InChI=1S/C23H31N5O9/c24-14(7-8-19(31)32)20(33)26-15(11-18(25)30)21(34)27-16(10-12-3-5-13(29)6-4-12)22(35)28-9-1-2-17(28)23(36)37/h3-6,14-17,29H,1-2,7-11,24H2,(H2,25,30)(H,26,33)(H,27,34)(H,31,32)(H,36,37). The van der Waals surface area contributed by atoms with Crippen molar-refractivity contribution < 1.29 is 44.1 Å². The summed E-state index contributed by atoms with van der Waals surface area (Å²) in [6.07, 6.45) is -0.634. The summed E-state index contributed by atoms with van der Waals surface area (Å²) in [5, 5.41) is 32.5. The van der Waals surface area contributed by atoms with E-state index in [1.807, 2.05) is 0 Å². The number of amides is 4. The van der Waals surface area contributed by atoms with Crippen LogP contribution in [0.25, 0.3) is 0 Å². The van der Waals surface area contributed by atoms with Gasteiger partial charge in [0.2, 0.25) is 23.6 Å². The number of aromatic hydroxyl groups is 1. The van der Waals surface area contributed by atoms with Crippen molar-refractivity contribution in [1.29, 1.82) is 0 Å². The number of likely N-dealkylation sites (tertiary alicyclic amines) is 1. The van der Waals surface area contributed by atoms with Crippen LogP contribution in [0.2, 0.25) is 0 Å². The number of nitrogens with two attached hydrogens (primary N) is 2. The minimum atomic E-state index is -1.52. The van der Waals surface area contributed by atoms with E-state index in [0.717, 1.165) is 4.90 Å². The highest BCUT2D eigenvalue weighted by molar-refractivity contribution is 5.96. The molecule has 0 spiro atoms. The molecule has 4 unspecified atom stereocenters. The molecule has 1 saturated heterocycles. The first-order valence-corrected chi connectivity index (χ1v) is 11.6. The van der Waals surface area contributed by atoms with E-state index in [-0.39, 0.29) is 31.6 Å². The van der Waals surface area contributed by atoms with Crippen molar-refractivity contribution >= 4 is 35.6 Å². The Morgan fingerprint density at radius 1 is 1.00 bits per heavy atom. The highest BCUT2D eigenvalue weighted by atomic mass is 16.4. The molecule has 14 nitrogen and oxygen atoms in total. The van der Waals surface area contributed by atoms with Gasteiger partial charge >= 0.3 is 11.9 Å². The Balaban J connectivity index is 2.25. The van der Waals surface area contributed by atoms with Crippen molar-refractivity contribution in [3.63, 3.8) is 0 Å². The lowest BCUT2D eigenvalue weighted by atomic mass is 10.0. The molecule has 0 saturated carbocycles. The van der Waals surface area contributed by atoms with Crippen LogP contribution in [0.3, 0.4) is 0 Å². The number of phenolic OH excluding ortho intramolecular Hbond substituents is 1. The summed E-state index contributed by atoms with van der Waals surface area (Å²) in [6, 6.07) is 0.645. The van der Waals surface area contributed by atoms with Crippen molar-refractivity contribution in [3.05, 3.63) is 29.8 Å². The van der Waals surface area contributed by atoms with E-state index in [0.29, 0.717) is 12.0 Å². The summed E-state index contributed by atoms with van der Waals surface area (Å²) >= 11 is 0. The van der Waals surface area contributed by atoms with Gasteiger partial charge in [0.25, 0.3) is 0 Å². The number of primary amides is 1. The third kappa shape index (κ3) is 8.75. The fraction of sp³-hybridized carbons (Fsp3) is 0.478. The first kappa shape index (κ1) is 29.0. The molecule has 1 heterocycles. The van der Waals surface area contributed by atoms with Crippen LogP contribution in [0, 0.1) is 0 Å². The summed E-state index contributed by atoms with van der Waals surface area (Å²) in [4.78, 5) is 73.9. The molecule has 1 fully saturated rings. The first-order chi connectivity index (χ1) is 17.4. The molecular weight excluding hydrogens is 490 g/mol. The van der Waals surface area contributed by atoms with Crippen LogP contribution in [-0.2, 0) is 35.2 Å². The number of nitrogens with zero attached hydrogens (tertiary/aromatic N) is 1. The first-order valence-electron chi connectivity index (χ1n) is 11.6. The maximum absolute atomic E-state index is 13.3. The Hall–Kier alpha value is -4.20. The van der Waals surface area contributed by atoms with Gasteiger partial charge in [-0.1, -0.05) is 12.1 Å². The van der Waals surface area contributed by atoms with Crippen molar-refractivity contribution in [1.82, 2.24) is 15.5 Å². The van der Waals surface area contributed by atoms with Crippen LogP contribution in [0.1, 0.15) is 37.7 Å². The fourth-order valence-corrected chi connectivity index (χ4v) is 3.93. The van der Waals surface area contributed by atoms with Gasteiger partial charge in [-0.25, -0.2) is 4.79 Å². The molecule has 14 heteroatoms. The second-order valence-corrected chi connectivity index (χ2v) is 8.73. The molecule has 1 aliphatic rings. The number of hydrogen-bond acceptors (Lipinski definition) is 8. The summed E-state index contributed by atoms with van der Waals surface area (Å²) in [5.74, 6) is -5.83. The number of phenols is 1. The van der Waals surface area contributed by atoms with E-state index >= 15 is 0 Å². The van der Waals surface area contributed by atoms with Gasteiger partial charge < -0.3 is 42.3 Å². The number of carbonyl (C=O) groups excluding carboxylic acids is 4. The minimum Gasteiger partial charge on any atom is -0.508 e. The van der Waals surface area contributed by atoms with E-state index in [1.165, 1.54) is 24.3 Å². The van der Waals surface area contributed by atoms with Gasteiger partial charge in [0.05, 0.1) is 12.5 Å². The Kier molecular flexibility index (Phi) is 10.4. The number of aliphatic carboxylic acids is 2. The lowest BCUT2D eigenvalue weighted by Crippen LogP contribution is -2.58. The second-order valence-electron chi connectivity index (χ2n) is 8.73. The third-order valence-corrected chi connectivity index (χ3v) is 5.86. The van der Waals surface area contributed by atoms with Crippen LogP contribution < -0.4 is 22.1 Å². The minimum absolute atomic E-state index is 0.0235. The normalized spacial score (nSPS) is 17.3. The topological polar surface area (TPSA) is 242 Å². The van der Waals surface area contributed by atoms with Gasteiger partial charge in [-0.3, -0.25) is 24.0 Å². The smallest absolute Gasteiger partial charge is 0.326 e. The van der Waals surface area contributed by atoms with E-state index in [2.05, 4.69) is 10.6 Å². The van der Waals surface area contributed by atoms with Crippen LogP contribution in [0.15, 0.2) is 24.3 Å². The maximum Gasteiger partial charge on any atom is 0.326 e. The molecule has 4 atom stereocenters. The Morgan fingerprint density at radius 2 is 1.62 bits per heavy atom. The van der Waals surface area contributed by atoms with E-state index < -0.39 is 72.6 Å². The molecule has 0 aromatic heterocycles. The largest absolute Gasteiger partial charge is 0.508 e. The van der Waals surface area contributed by atoms with Gasteiger partial charge in [-0.2, -0.15) is 0 Å². The number of benzene rings is 1. The molecule has 0 radical (unpaired) electrons. The molecule has 1 aromatic carbocycles. The fourth-order valence-electron chi connectivity index (χ4n) is 3.93. The average molecular weight is 522 g/mol. The number of carbonyl (C=O) groups is 6. The Morgan fingerprint density at radius 3 is 2.19 bits per heavy atom. The molecule has 1 aliphatic heterocycles. The van der Waals surface area contributed by atoms with Crippen LogP contribution >= 0.6 is 0 Å². The van der Waals surface area contributed by atoms with Crippen LogP contribution in [-0.4, -0.2) is 86.5 Å². The van der Waals surface area contributed by atoms with Gasteiger partial charge in [0.15, 0.2) is 0 Å². The maximum atomic E-state index is 13.3. The molecule has 0 aliphatic carbocycles. The zero-order chi connectivity index (χ0) is 27.7. The Bertz CT molecular complexity index is 1030. The zero-order valence-electron chi connectivity index (χ0n) is 20.0. The predicted octanol–water partition coefficient (Wildman–Crippen LogP) is -1.95. The number of nitrogens with one attached hydrogen (secondary N) is 2. The molecule has 1 aromatic rings. The monoisotopic (exact) mass is 521 g/mol. The summed E-state index contributed by atoms with van der Waals surface area (Å²) in [7, 11) is 0. The number of rotatable bonds is 13. The van der Waals surface area contributed by atoms with Crippen LogP contribution in [0.4, 0.5) is 0 Å². The molecule has 202 valence electrons. The number of carboxylic acid groups (broad SMARTS) is 2. The zero-order valence-corrected chi connectivity index (χ0v) is 20.0. The summed E-state index contributed by atoms with van der Waals surface area (Å²) < 4.78 is 0. The molecular formula is C23H31N5O9. The van der Waals surface area contributed by atoms with Gasteiger partial charge in [-0.05, 0) is 37.0 Å². The van der Waals surface area contributed by atoms with E-state index in [9.17, 15) is 39.0 Å². The average Bonchev–Trinajstić information content (AvgIpc) is 3.32. The van der Waals surface area contributed by atoms with Crippen molar-refractivity contribution in [2.45, 2.75) is 62.7 Å². The summed E-state index contributed by atoms with van der Waals surface area (Å²) in [6.45, 7) is 0.164. The summed E-state index contributed by atoms with van der Waals surface area (Å²) in [5.41, 5.74) is 11.4. The lowest BCUT2D eigenvalue weighted by molar-refractivity contribution is -0.149. The van der Waals surface area contributed by atoms with Gasteiger partial charge in [0, 0.05) is 19.4 Å². The van der Waals surface area contributed by atoms with Crippen molar-refractivity contribution in [3.8, 4) is 5.75 Å². The van der Waals surface area contributed by atoms with Gasteiger partial charge in [-0.15, -0.1) is 0 Å². The quantitative estimate of drug-likeness (QED) is 0.151. The Labute approximate surface area is 212 Å². The van der Waals surface area contributed by atoms with Gasteiger partial charge in [0.1, 0.15) is 23.9 Å². The highest BCUT2D eigenvalue weighted by Gasteiger charge is 2.38. The van der Waals surface area contributed by atoms with E-state index in [4.69, 9.17) is 16.6 Å². The predicted molar refractivity (Wildman–Crippen MR) is 127 cm³/mol. The molecule has 37 heavy (non-hydrogen) atoms. The van der Waals surface area contributed by atoms with Crippen molar-refractivity contribution in [2.75, 3.05) is 6.54 Å². The highest BCUT2D eigenvalue weighted by Crippen LogP contribution is 2.20. The van der Waals surface area contributed by atoms with E-state index in [1.54, 1.807) is 0 Å². The molecule has 4 amide bonds. The number of carboxylic acids is 2. The lowest BCUT2D eigenvalue weighted by Gasteiger charge is -2.29.